The lowest BCUT2D eigenvalue weighted by atomic mass is 10.0. The third-order valence-electron chi connectivity index (χ3n) is 4.79. The van der Waals surface area contributed by atoms with E-state index < -0.39 is 0 Å². The smallest absolute Gasteiger partial charge is 0.251 e. The van der Waals surface area contributed by atoms with E-state index in [1.54, 1.807) is 19.0 Å². The standard InChI is InChI=1S/C18H26N2O2/c1-12-4-5-13-6-8-16(15(13)10-12)19-11-14-7-9-17(22-14)18(21)20(2)3/h4-5,10,14,16-17,19H,6-9,11H2,1-3H3/t14-,16-,17+/m1/s1. The molecule has 1 saturated heterocycles. The molecule has 1 aliphatic heterocycles. The average Bonchev–Trinajstić information content (AvgIpc) is 3.10. The second-order valence-corrected chi connectivity index (χ2v) is 6.76. The predicted molar refractivity (Wildman–Crippen MR) is 86.8 cm³/mol. The van der Waals surface area contributed by atoms with Gasteiger partial charge in [-0.25, -0.2) is 0 Å². The third-order valence-corrected chi connectivity index (χ3v) is 4.79. The van der Waals surface area contributed by atoms with Crippen LogP contribution in [0.4, 0.5) is 0 Å². The Morgan fingerprint density at radius 2 is 2.14 bits per heavy atom. The summed E-state index contributed by atoms with van der Waals surface area (Å²) >= 11 is 0. The van der Waals surface area contributed by atoms with Crippen LogP contribution in [0.5, 0.6) is 0 Å². The summed E-state index contributed by atoms with van der Waals surface area (Å²) in [5.74, 6) is 0.0873. The molecule has 3 atom stereocenters. The van der Waals surface area contributed by atoms with Gasteiger partial charge in [0, 0.05) is 26.7 Å². The monoisotopic (exact) mass is 302 g/mol. The Hall–Kier alpha value is -1.39. The molecule has 3 rings (SSSR count). The van der Waals surface area contributed by atoms with Gasteiger partial charge in [-0.3, -0.25) is 4.79 Å². The van der Waals surface area contributed by atoms with Crippen LogP contribution in [0.2, 0.25) is 0 Å². The number of hydrogen-bond acceptors (Lipinski definition) is 3. The highest BCUT2D eigenvalue weighted by molar-refractivity contribution is 5.80. The summed E-state index contributed by atoms with van der Waals surface area (Å²) in [6.45, 7) is 2.97. The van der Waals surface area contributed by atoms with Crippen LogP contribution in [-0.4, -0.2) is 43.7 Å². The number of aryl methyl sites for hydroxylation is 2. The van der Waals surface area contributed by atoms with Crippen molar-refractivity contribution in [3.63, 3.8) is 0 Å². The summed E-state index contributed by atoms with van der Waals surface area (Å²) in [6.07, 6.45) is 4.02. The molecule has 0 spiro atoms. The molecule has 4 heteroatoms. The van der Waals surface area contributed by atoms with Crippen LogP contribution < -0.4 is 5.32 Å². The number of nitrogens with zero attached hydrogens (tertiary/aromatic N) is 1. The molecule has 0 bridgehead atoms. The van der Waals surface area contributed by atoms with Gasteiger partial charge in [0.25, 0.3) is 5.91 Å². The molecule has 4 nitrogen and oxygen atoms in total. The molecule has 1 fully saturated rings. The first-order chi connectivity index (χ1) is 10.5. The van der Waals surface area contributed by atoms with Crippen molar-refractivity contribution in [2.75, 3.05) is 20.6 Å². The van der Waals surface area contributed by atoms with E-state index in [-0.39, 0.29) is 18.1 Å². The van der Waals surface area contributed by atoms with E-state index in [4.69, 9.17) is 4.74 Å². The molecule has 1 aromatic carbocycles. The van der Waals surface area contributed by atoms with Crippen molar-refractivity contribution in [3.05, 3.63) is 34.9 Å². The van der Waals surface area contributed by atoms with E-state index in [0.717, 1.165) is 32.2 Å². The third kappa shape index (κ3) is 3.18. The van der Waals surface area contributed by atoms with E-state index in [1.807, 2.05) is 0 Å². The maximum atomic E-state index is 11.9. The van der Waals surface area contributed by atoms with Gasteiger partial charge in [0.1, 0.15) is 6.10 Å². The molecular weight excluding hydrogens is 276 g/mol. The molecule has 2 aliphatic rings. The van der Waals surface area contributed by atoms with E-state index in [9.17, 15) is 4.79 Å². The first kappa shape index (κ1) is 15.5. The summed E-state index contributed by atoms with van der Waals surface area (Å²) in [4.78, 5) is 13.6. The maximum absolute atomic E-state index is 11.9. The fourth-order valence-corrected chi connectivity index (χ4v) is 3.53. The van der Waals surface area contributed by atoms with Crippen molar-refractivity contribution in [1.29, 1.82) is 0 Å². The summed E-state index contributed by atoms with van der Waals surface area (Å²) in [5, 5.41) is 3.65. The van der Waals surface area contributed by atoms with Crippen molar-refractivity contribution in [3.8, 4) is 0 Å². The Labute approximate surface area is 132 Å². The zero-order valence-corrected chi connectivity index (χ0v) is 13.8. The highest BCUT2D eigenvalue weighted by Crippen LogP contribution is 2.32. The van der Waals surface area contributed by atoms with Gasteiger partial charge in [0.05, 0.1) is 6.10 Å². The largest absolute Gasteiger partial charge is 0.364 e. The number of hydrogen-bond donors (Lipinski definition) is 1. The molecular formula is C18H26N2O2. The Morgan fingerprint density at radius 1 is 1.32 bits per heavy atom. The quantitative estimate of drug-likeness (QED) is 0.927. The van der Waals surface area contributed by atoms with Crippen LogP contribution in [0.1, 0.15) is 42.0 Å². The maximum Gasteiger partial charge on any atom is 0.251 e. The van der Waals surface area contributed by atoms with Gasteiger partial charge < -0.3 is 15.0 Å². The second-order valence-electron chi connectivity index (χ2n) is 6.76. The molecule has 22 heavy (non-hydrogen) atoms. The van der Waals surface area contributed by atoms with Crippen molar-refractivity contribution >= 4 is 5.91 Å². The lowest BCUT2D eigenvalue weighted by Gasteiger charge is -2.20. The van der Waals surface area contributed by atoms with Crippen LogP contribution in [0, 0.1) is 6.92 Å². The predicted octanol–water partition coefficient (Wildman–Crippen LogP) is 2.21. The van der Waals surface area contributed by atoms with Crippen molar-refractivity contribution in [1.82, 2.24) is 10.2 Å². The summed E-state index contributed by atoms with van der Waals surface area (Å²) in [6, 6.07) is 7.18. The number of amides is 1. The average molecular weight is 302 g/mol. The van der Waals surface area contributed by atoms with Crippen LogP contribution >= 0.6 is 0 Å². The van der Waals surface area contributed by atoms with E-state index >= 15 is 0 Å². The normalized spacial score (nSPS) is 27.0. The van der Waals surface area contributed by atoms with Gasteiger partial charge in [0.2, 0.25) is 0 Å². The number of likely N-dealkylation sites (N-methyl/N-ethyl adjacent to an activating group) is 1. The molecule has 0 unspecified atom stereocenters. The van der Waals surface area contributed by atoms with Gasteiger partial charge >= 0.3 is 0 Å². The minimum Gasteiger partial charge on any atom is -0.364 e. The zero-order chi connectivity index (χ0) is 15.7. The molecule has 0 saturated carbocycles. The fourth-order valence-electron chi connectivity index (χ4n) is 3.53. The summed E-state index contributed by atoms with van der Waals surface area (Å²) in [7, 11) is 3.57. The molecule has 1 aromatic rings. The number of rotatable bonds is 4. The van der Waals surface area contributed by atoms with E-state index in [1.165, 1.54) is 16.7 Å². The van der Waals surface area contributed by atoms with Gasteiger partial charge in [-0.1, -0.05) is 23.8 Å². The highest BCUT2D eigenvalue weighted by Gasteiger charge is 2.32. The molecule has 1 amide bonds. The fraction of sp³-hybridized carbons (Fsp3) is 0.611. The van der Waals surface area contributed by atoms with Crippen molar-refractivity contribution in [2.24, 2.45) is 0 Å². The molecule has 1 heterocycles. The number of fused-ring (bicyclic) bond motifs is 1. The molecule has 0 aromatic heterocycles. The van der Waals surface area contributed by atoms with E-state index in [2.05, 4.69) is 30.4 Å². The number of nitrogens with one attached hydrogen (secondary N) is 1. The first-order valence-corrected chi connectivity index (χ1v) is 8.24. The topological polar surface area (TPSA) is 41.6 Å². The van der Waals surface area contributed by atoms with Crippen molar-refractivity contribution in [2.45, 2.75) is 50.9 Å². The summed E-state index contributed by atoms with van der Waals surface area (Å²) < 4.78 is 5.90. The van der Waals surface area contributed by atoms with Crippen molar-refractivity contribution < 1.29 is 9.53 Å². The van der Waals surface area contributed by atoms with Crippen LogP contribution in [0.3, 0.4) is 0 Å². The Balaban J connectivity index is 1.53. The Bertz CT molecular complexity index is 556. The number of carbonyl (C=O) groups is 1. The van der Waals surface area contributed by atoms with Crippen LogP contribution in [-0.2, 0) is 16.0 Å². The minimum atomic E-state index is -0.250. The molecule has 0 radical (unpaired) electrons. The Kier molecular flexibility index (Phi) is 4.50. The number of benzene rings is 1. The Morgan fingerprint density at radius 3 is 2.91 bits per heavy atom. The highest BCUT2D eigenvalue weighted by atomic mass is 16.5. The second kappa shape index (κ2) is 6.39. The molecule has 120 valence electrons. The number of ether oxygens (including phenoxy) is 1. The van der Waals surface area contributed by atoms with Crippen LogP contribution in [0.15, 0.2) is 18.2 Å². The van der Waals surface area contributed by atoms with Crippen LogP contribution in [0.25, 0.3) is 0 Å². The first-order valence-electron chi connectivity index (χ1n) is 8.24. The van der Waals surface area contributed by atoms with Gasteiger partial charge in [-0.05, 0) is 43.7 Å². The molecule has 1 aliphatic carbocycles. The SMILES string of the molecule is Cc1ccc2c(c1)[C@H](NC[C@H]1CC[C@@H](C(=O)N(C)C)O1)CC2. The number of carbonyl (C=O) groups excluding carboxylic acids is 1. The van der Waals surface area contributed by atoms with Gasteiger partial charge in [-0.15, -0.1) is 0 Å². The van der Waals surface area contributed by atoms with Gasteiger partial charge in [0.15, 0.2) is 0 Å². The summed E-state index contributed by atoms with van der Waals surface area (Å²) in [5.41, 5.74) is 4.23. The zero-order valence-electron chi connectivity index (χ0n) is 13.8. The molecule has 1 N–H and O–H groups in total. The lowest BCUT2D eigenvalue weighted by molar-refractivity contribution is -0.140. The van der Waals surface area contributed by atoms with E-state index in [0.29, 0.717) is 6.04 Å². The van der Waals surface area contributed by atoms with Gasteiger partial charge in [-0.2, -0.15) is 0 Å². The lowest BCUT2D eigenvalue weighted by Crippen LogP contribution is -2.35. The minimum absolute atomic E-state index is 0.0873.